The van der Waals surface area contributed by atoms with E-state index in [1.807, 2.05) is 12.2 Å². The summed E-state index contributed by atoms with van der Waals surface area (Å²) in [4.78, 5) is 24.7. The lowest BCUT2D eigenvalue weighted by atomic mass is 9.89. The summed E-state index contributed by atoms with van der Waals surface area (Å²) in [6, 6.07) is 4.76. The molecule has 8 heteroatoms. The number of hydrogen-bond donors (Lipinski definition) is 2. The van der Waals surface area contributed by atoms with Crippen LogP contribution in [-0.2, 0) is 9.59 Å². The third kappa shape index (κ3) is 4.18. The van der Waals surface area contributed by atoms with Crippen LogP contribution in [0.5, 0.6) is 0 Å². The van der Waals surface area contributed by atoms with Gasteiger partial charge in [-0.2, -0.15) is 13.2 Å². The van der Waals surface area contributed by atoms with Crippen LogP contribution >= 0.6 is 11.9 Å². The van der Waals surface area contributed by atoms with E-state index in [1.54, 1.807) is 24.3 Å². The number of aryl methyl sites for hydroxylation is 1. The van der Waals surface area contributed by atoms with E-state index >= 15 is 0 Å². The number of halogens is 3. The highest BCUT2D eigenvalue weighted by molar-refractivity contribution is 7.98. The molecule has 2 amide bonds. The maximum absolute atomic E-state index is 13.1. The second-order valence-corrected chi connectivity index (χ2v) is 7.35. The van der Waals surface area contributed by atoms with E-state index in [9.17, 15) is 22.8 Å². The van der Waals surface area contributed by atoms with Crippen LogP contribution < -0.4 is 10.0 Å². The molecular weight excluding hydrogens is 353 g/mol. The van der Waals surface area contributed by atoms with Gasteiger partial charge in [-0.25, -0.2) is 0 Å². The molecule has 2 aliphatic rings. The summed E-state index contributed by atoms with van der Waals surface area (Å²) in [7, 11) is 0. The summed E-state index contributed by atoms with van der Waals surface area (Å²) in [5.41, 5.74) is 1.28. The van der Waals surface area contributed by atoms with E-state index < -0.39 is 30.5 Å². The Kier molecular flexibility index (Phi) is 4.81. The lowest BCUT2D eigenvalue weighted by molar-refractivity contribution is -0.160. The second-order valence-electron chi connectivity index (χ2n) is 6.24. The van der Waals surface area contributed by atoms with E-state index in [0.717, 1.165) is 18.4 Å². The molecule has 1 aromatic rings. The molecule has 1 saturated carbocycles. The molecule has 0 radical (unpaired) electrons. The van der Waals surface area contributed by atoms with Gasteiger partial charge in [0.2, 0.25) is 0 Å². The minimum Gasteiger partial charge on any atom is -0.340 e. The van der Waals surface area contributed by atoms with Gasteiger partial charge in [-0.3, -0.25) is 14.3 Å². The summed E-state index contributed by atoms with van der Waals surface area (Å²) < 4.78 is 41.9. The van der Waals surface area contributed by atoms with Crippen LogP contribution in [0.4, 0.5) is 13.2 Å². The number of nitrogens with one attached hydrogen (secondary N) is 2. The highest BCUT2D eigenvalue weighted by Crippen LogP contribution is 2.36. The molecule has 1 atom stereocenters. The molecular formula is C17H17F3N2O2S. The van der Waals surface area contributed by atoms with E-state index in [2.05, 4.69) is 4.72 Å². The topological polar surface area (TPSA) is 58.2 Å². The quantitative estimate of drug-likeness (QED) is 0.632. The van der Waals surface area contributed by atoms with E-state index in [-0.39, 0.29) is 11.1 Å². The molecule has 1 unspecified atom stereocenters. The van der Waals surface area contributed by atoms with E-state index in [1.165, 1.54) is 11.9 Å². The van der Waals surface area contributed by atoms with Crippen LogP contribution in [0.1, 0.15) is 30.4 Å². The molecule has 0 saturated heterocycles. The van der Waals surface area contributed by atoms with Gasteiger partial charge in [0.15, 0.2) is 0 Å². The first-order valence-corrected chi connectivity index (χ1v) is 8.77. The fourth-order valence-corrected chi connectivity index (χ4v) is 3.30. The third-order valence-corrected chi connectivity index (χ3v) is 5.22. The zero-order chi connectivity index (χ0) is 18.2. The van der Waals surface area contributed by atoms with Crippen molar-refractivity contribution in [3.8, 4) is 0 Å². The number of rotatable bonds is 4. The smallest absolute Gasteiger partial charge is 0.340 e. The molecule has 2 N–H and O–H groups in total. The van der Waals surface area contributed by atoms with Gasteiger partial charge in [0.25, 0.3) is 11.8 Å². The molecule has 1 aromatic carbocycles. The molecule has 1 fully saturated rings. The SMILES string of the molecule is Cc1ccc(C2=C(C(=O)NSC3CC3)C(=O)NC(C(F)(F)F)C2)cc1. The number of hydrogen-bond acceptors (Lipinski definition) is 3. The summed E-state index contributed by atoms with van der Waals surface area (Å²) in [5, 5.41) is 2.23. The molecule has 0 aromatic heterocycles. The predicted molar refractivity (Wildman–Crippen MR) is 89.5 cm³/mol. The van der Waals surface area contributed by atoms with Crippen molar-refractivity contribution in [1.29, 1.82) is 0 Å². The monoisotopic (exact) mass is 370 g/mol. The van der Waals surface area contributed by atoms with Crippen molar-refractivity contribution >= 4 is 29.3 Å². The standard InChI is InChI=1S/C17H17F3N2O2S/c1-9-2-4-10(5-3-9)12-8-13(17(18,19)20)21-15(23)14(12)16(24)22-25-11-6-7-11/h2-5,11,13H,6-8H2,1H3,(H,21,23)(H,22,24). The minimum absolute atomic E-state index is 0.125. The zero-order valence-electron chi connectivity index (χ0n) is 13.4. The molecule has 25 heavy (non-hydrogen) atoms. The number of alkyl halides is 3. The molecule has 3 rings (SSSR count). The summed E-state index contributed by atoms with van der Waals surface area (Å²) in [5.74, 6) is -1.64. The molecule has 4 nitrogen and oxygen atoms in total. The maximum Gasteiger partial charge on any atom is 0.408 e. The molecule has 0 spiro atoms. The van der Waals surface area contributed by atoms with Crippen LogP contribution in [0, 0.1) is 6.92 Å². The summed E-state index contributed by atoms with van der Waals surface area (Å²) >= 11 is 1.22. The van der Waals surface area contributed by atoms with Crippen LogP contribution in [-0.4, -0.2) is 29.3 Å². The maximum atomic E-state index is 13.1. The second kappa shape index (κ2) is 6.74. The van der Waals surface area contributed by atoms with Crippen molar-refractivity contribution in [1.82, 2.24) is 10.0 Å². The van der Waals surface area contributed by atoms with E-state index in [0.29, 0.717) is 10.8 Å². The first kappa shape index (κ1) is 17.8. The first-order chi connectivity index (χ1) is 11.8. The van der Waals surface area contributed by atoms with Crippen LogP contribution in [0.2, 0.25) is 0 Å². The number of amides is 2. The summed E-state index contributed by atoms with van der Waals surface area (Å²) in [6.45, 7) is 1.85. The highest BCUT2D eigenvalue weighted by Gasteiger charge is 2.45. The highest BCUT2D eigenvalue weighted by atomic mass is 32.2. The van der Waals surface area contributed by atoms with Gasteiger partial charge in [-0.15, -0.1) is 0 Å². The normalized spacial score (nSPS) is 21.1. The molecule has 1 aliphatic carbocycles. The summed E-state index contributed by atoms with van der Waals surface area (Å²) in [6.07, 6.45) is -3.07. The Labute approximate surface area is 147 Å². The first-order valence-electron chi connectivity index (χ1n) is 7.89. The van der Waals surface area contributed by atoms with Crippen molar-refractivity contribution < 1.29 is 22.8 Å². The van der Waals surface area contributed by atoms with Crippen LogP contribution in [0.25, 0.3) is 5.57 Å². The average molecular weight is 370 g/mol. The van der Waals surface area contributed by atoms with Gasteiger partial charge in [0.05, 0.1) is 0 Å². The largest absolute Gasteiger partial charge is 0.408 e. The Morgan fingerprint density at radius 2 is 1.88 bits per heavy atom. The number of carbonyl (C=O) groups excluding carboxylic acids is 2. The van der Waals surface area contributed by atoms with Crippen molar-refractivity contribution in [2.24, 2.45) is 0 Å². The van der Waals surface area contributed by atoms with Crippen molar-refractivity contribution in [2.75, 3.05) is 0 Å². The predicted octanol–water partition coefficient (Wildman–Crippen LogP) is 3.13. The van der Waals surface area contributed by atoms with Gasteiger partial charge in [-0.05, 0) is 42.8 Å². The average Bonchev–Trinajstić information content (AvgIpc) is 3.36. The lowest BCUT2D eigenvalue weighted by Gasteiger charge is -2.29. The van der Waals surface area contributed by atoms with Crippen LogP contribution in [0.3, 0.4) is 0 Å². The Morgan fingerprint density at radius 1 is 1.24 bits per heavy atom. The fraction of sp³-hybridized carbons (Fsp3) is 0.412. The molecule has 1 aliphatic heterocycles. The Hall–Kier alpha value is -1.96. The van der Waals surface area contributed by atoms with Gasteiger partial charge in [-0.1, -0.05) is 29.8 Å². The molecule has 1 heterocycles. The van der Waals surface area contributed by atoms with Crippen molar-refractivity contribution in [3.63, 3.8) is 0 Å². The van der Waals surface area contributed by atoms with Gasteiger partial charge in [0, 0.05) is 11.7 Å². The van der Waals surface area contributed by atoms with Crippen LogP contribution in [0.15, 0.2) is 29.8 Å². The van der Waals surface area contributed by atoms with E-state index in [4.69, 9.17) is 0 Å². The Balaban J connectivity index is 1.96. The Morgan fingerprint density at radius 3 is 2.44 bits per heavy atom. The van der Waals surface area contributed by atoms with Gasteiger partial charge < -0.3 is 5.32 Å². The van der Waals surface area contributed by atoms with Gasteiger partial charge in [0.1, 0.15) is 11.6 Å². The third-order valence-electron chi connectivity index (χ3n) is 4.11. The Bertz CT molecular complexity index is 724. The fourth-order valence-electron chi connectivity index (χ4n) is 2.55. The minimum atomic E-state index is -4.57. The van der Waals surface area contributed by atoms with Crippen molar-refractivity contribution in [2.45, 2.75) is 43.7 Å². The zero-order valence-corrected chi connectivity index (χ0v) is 14.3. The van der Waals surface area contributed by atoms with Crippen molar-refractivity contribution in [3.05, 3.63) is 41.0 Å². The molecule has 0 bridgehead atoms. The van der Waals surface area contributed by atoms with Gasteiger partial charge >= 0.3 is 6.18 Å². The number of carbonyl (C=O) groups is 2. The molecule has 134 valence electrons. The lowest BCUT2D eigenvalue weighted by Crippen LogP contribution is -2.50. The number of benzene rings is 1.